The van der Waals surface area contributed by atoms with Gasteiger partial charge in [-0.3, -0.25) is 4.79 Å². The zero-order chi connectivity index (χ0) is 21.2. The van der Waals surface area contributed by atoms with Gasteiger partial charge in [0.05, 0.1) is 24.2 Å². The smallest absolute Gasteiger partial charge is 0.466 e. The van der Waals surface area contributed by atoms with E-state index in [2.05, 4.69) is 5.10 Å². The number of carbonyl (C=O) groups excluding carboxylic acids is 1. The zero-order valence-corrected chi connectivity index (χ0v) is 15.4. The molecular formula is C20H17F5N2O2. The summed E-state index contributed by atoms with van der Waals surface area (Å²) in [5.41, 5.74) is 0.386. The lowest BCUT2D eigenvalue weighted by Crippen LogP contribution is -2.18. The fraction of sp³-hybridized carbons (Fsp3) is 0.300. The summed E-state index contributed by atoms with van der Waals surface area (Å²) in [5, 5.41) is 3.85. The Hall–Kier alpha value is -2.97. The molecule has 2 aromatic carbocycles. The molecule has 0 atom stereocenters. The Bertz CT molecular complexity index is 1040. The third-order valence-electron chi connectivity index (χ3n) is 4.37. The van der Waals surface area contributed by atoms with E-state index < -0.39 is 23.9 Å². The molecular weight excluding hydrogens is 395 g/mol. The minimum Gasteiger partial charge on any atom is -0.466 e. The lowest BCUT2D eigenvalue weighted by atomic mass is 9.98. The average molecular weight is 412 g/mol. The summed E-state index contributed by atoms with van der Waals surface area (Å²) in [4.78, 5) is 11.6. The van der Waals surface area contributed by atoms with Crippen molar-refractivity contribution in [2.45, 2.75) is 32.5 Å². The van der Waals surface area contributed by atoms with Gasteiger partial charge >= 0.3 is 12.3 Å². The molecule has 154 valence electrons. The van der Waals surface area contributed by atoms with E-state index in [4.69, 9.17) is 4.74 Å². The number of esters is 1. The molecule has 0 spiro atoms. The average Bonchev–Trinajstić information content (AvgIpc) is 3.03. The van der Waals surface area contributed by atoms with Gasteiger partial charge in [0.15, 0.2) is 0 Å². The van der Waals surface area contributed by atoms with Gasteiger partial charge < -0.3 is 4.74 Å². The summed E-state index contributed by atoms with van der Waals surface area (Å²) >= 11 is 0. The number of halogens is 5. The third kappa shape index (κ3) is 4.55. The number of rotatable bonds is 6. The molecule has 0 unspecified atom stereocenters. The van der Waals surface area contributed by atoms with Crippen LogP contribution in [0.4, 0.5) is 22.0 Å². The van der Waals surface area contributed by atoms with Crippen molar-refractivity contribution in [3.05, 3.63) is 64.9 Å². The van der Waals surface area contributed by atoms with Crippen molar-refractivity contribution >= 4 is 16.9 Å². The molecule has 3 rings (SSSR count). The lowest BCUT2D eigenvalue weighted by molar-refractivity contribution is -0.209. The van der Waals surface area contributed by atoms with E-state index in [-0.39, 0.29) is 52.7 Å². The van der Waals surface area contributed by atoms with Crippen molar-refractivity contribution in [3.63, 3.8) is 0 Å². The highest BCUT2D eigenvalue weighted by atomic mass is 19.4. The first-order chi connectivity index (χ1) is 13.7. The molecule has 0 saturated carbocycles. The van der Waals surface area contributed by atoms with E-state index in [1.54, 1.807) is 13.0 Å². The molecule has 29 heavy (non-hydrogen) atoms. The van der Waals surface area contributed by atoms with Crippen LogP contribution < -0.4 is 0 Å². The maximum Gasteiger partial charge on any atom is 0.505 e. The van der Waals surface area contributed by atoms with E-state index in [0.29, 0.717) is 5.56 Å². The Morgan fingerprint density at radius 1 is 1.14 bits per heavy atom. The second-order valence-corrected chi connectivity index (χ2v) is 6.36. The van der Waals surface area contributed by atoms with Crippen molar-refractivity contribution in [2.75, 3.05) is 6.61 Å². The topological polar surface area (TPSA) is 44.1 Å². The molecule has 0 bridgehead atoms. The quantitative estimate of drug-likeness (QED) is 0.428. The van der Waals surface area contributed by atoms with Gasteiger partial charge in [0.25, 0.3) is 0 Å². The normalized spacial score (nSPS) is 11.8. The van der Waals surface area contributed by atoms with Gasteiger partial charge in [0.1, 0.15) is 11.6 Å². The number of aryl methyl sites for hydroxylation is 1. The lowest BCUT2D eigenvalue weighted by Gasteiger charge is -2.09. The second kappa shape index (κ2) is 8.18. The van der Waals surface area contributed by atoms with Gasteiger partial charge in [-0.25, -0.2) is 8.78 Å². The van der Waals surface area contributed by atoms with Crippen LogP contribution >= 0.6 is 0 Å². The van der Waals surface area contributed by atoms with Crippen LogP contribution in [0.15, 0.2) is 36.4 Å². The fourth-order valence-electron chi connectivity index (χ4n) is 3.16. The van der Waals surface area contributed by atoms with Crippen LogP contribution in [0.5, 0.6) is 0 Å². The number of alkyl halides is 3. The molecule has 0 saturated heterocycles. The Morgan fingerprint density at radius 2 is 1.90 bits per heavy atom. The number of carbonyl (C=O) groups is 1. The number of aromatic nitrogens is 2. The van der Waals surface area contributed by atoms with Crippen molar-refractivity contribution < 1.29 is 31.5 Å². The van der Waals surface area contributed by atoms with Crippen molar-refractivity contribution in [1.82, 2.24) is 9.78 Å². The SMILES string of the molecule is CCOC(=O)CCc1nn(C(F)(F)F)c2cccc(Cc3ccc(F)cc3F)c12. The van der Waals surface area contributed by atoms with Crippen LogP contribution in [0.3, 0.4) is 0 Å². The van der Waals surface area contributed by atoms with Gasteiger partial charge in [0, 0.05) is 24.3 Å². The highest BCUT2D eigenvalue weighted by molar-refractivity contribution is 5.86. The highest BCUT2D eigenvalue weighted by Gasteiger charge is 2.35. The Labute approximate surface area is 162 Å². The molecule has 9 heteroatoms. The van der Waals surface area contributed by atoms with E-state index in [1.807, 2.05) is 0 Å². The standard InChI is InChI=1S/C20H17F5N2O2/c1-2-29-18(28)9-8-16-19-13(10-12-6-7-14(21)11-15(12)22)4-3-5-17(19)27(26-16)20(23,24)25/h3-7,11H,2,8-10H2,1H3. The van der Waals surface area contributed by atoms with Crippen LogP contribution in [-0.2, 0) is 28.7 Å². The minimum absolute atomic E-state index is 0.0561. The van der Waals surface area contributed by atoms with Crippen LogP contribution in [0.2, 0.25) is 0 Å². The summed E-state index contributed by atoms with van der Waals surface area (Å²) in [6.07, 6.45) is -5.03. The largest absolute Gasteiger partial charge is 0.505 e. The van der Waals surface area contributed by atoms with Crippen molar-refractivity contribution in [1.29, 1.82) is 0 Å². The fourth-order valence-corrected chi connectivity index (χ4v) is 3.16. The van der Waals surface area contributed by atoms with Gasteiger partial charge in [-0.15, -0.1) is 13.2 Å². The Balaban J connectivity index is 2.07. The van der Waals surface area contributed by atoms with Crippen LogP contribution in [0.1, 0.15) is 30.2 Å². The summed E-state index contributed by atoms with van der Waals surface area (Å²) in [7, 11) is 0. The summed E-state index contributed by atoms with van der Waals surface area (Å²) in [6.45, 7) is 1.78. The zero-order valence-electron chi connectivity index (χ0n) is 15.4. The Kier molecular flexibility index (Phi) is 5.86. The predicted molar refractivity (Wildman–Crippen MR) is 95.1 cm³/mol. The van der Waals surface area contributed by atoms with Gasteiger partial charge in [-0.1, -0.05) is 18.2 Å². The molecule has 0 fully saturated rings. The molecule has 0 aliphatic rings. The number of benzene rings is 2. The predicted octanol–water partition coefficient (Wildman–Crippen LogP) is 4.88. The first kappa shape index (κ1) is 20.8. The number of hydrogen-bond acceptors (Lipinski definition) is 3. The molecule has 0 aliphatic carbocycles. The second-order valence-electron chi connectivity index (χ2n) is 6.36. The van der Waals surface area contributed by atoms with Crippen LogP contribution in [-0.4, -0.2) is 22.4 Å². The van der Waals surface area contributed by atoms with Gasteiger partial charge in [-0.05, 0) is 30.2 Å². The maximum atomic E-state index is 14.1. The van der Waals surface area contributed by atoms with E-state index >= 15 is 0 Å². The highest BCUT2D eigenvalue weighted by Crippen LogP contribution is 2.32. The molecule has 4 nitrogen and oxygen atoms in total. The minimum atomic E-state index is -4.76. The van der Waals surface area contributed by atoms with E-state index in [0.717, 1.165) is 12.1 Å². The molecule has 0 aliphatic heterocycles. The maximum absolute atomic E-state index is 14.1. The van der Waals surface area contributed by atoms with E-state index in [9.17, 15) is 26.7 Å². The van der Waals surface area contributed by atoms with Gasteiger partial charge in [0.2, 0.25) is 0 Å². The third-order valence-corrected chi connectivity index (χ3v) is 4.37. The molecule has 0 amide bonds. The first-order valence-corrected chi connectivity index (χ1v) is 8.87. The van der Waals surface area contributed by atoms with E-state index in [1.165, 1.54) is 18.2 Å². The van der Waals surface area contributed by atoms with Crippen LogP contribution in [0, 0.1) is 11.6 Å². The number of nitrogens with zero attached hydrogens (tertiary/aromatic N) is 2. The summed E-state index contributed by atoms with van der Waals surface area (Å²) < 4.78 is 72.3. The van der Waals surface area contributed by atoms with Gasteiger partial charge in [-0.2, -0.15) is 9.78 Å². The molecule has 3 aromatic rings. The molecule has 0 N–H and O–H groups in total. The van der Waals surface area contributed by atoms with Crippen molar-refractivity contribution in [3.8, 4) is 0 Å². The summed E-state index contributed by atoms with van der Waals surface area (Å²) in [6, 6.07) is 7.28. The Morgan fingerprint density at radius 3 is 2.55 bits per heavy atom. The number of fused-ring (bicyclic) bond motifs is 1. The molecule has 1 heterocycles. The molecule has 1 aromatic heterocycles. The van der Waals surface area contributed by atoms with Crippen molar-refractivity contribution in [2.24, 2.45) is 0 Å². The monoisotopic (exact) mass is 412 g/mol. The molecule has 0 radical (unpaired) electrons. The number of ether oxygens (including phenoxy) is 1. The first-order valence-electron chi connectivity index (χ1n) is 8.87. The van der Waals surface area contributed by atoms with Crippen LogP contribution in [0.25, 0.3) is 10.9 Å². The number of hydrogen-bond donors (Lipinski definition) is 0. The summed E-state index contributed by atoms with van der Waals surface area (Å²) in [5.74, 6) is -2.09.